The fraction of sp³-hybridized carbons (Fsp3) is 0.0217. The lowest BCUT2D eigenvalue weighted by molar-refractivity contribution is 1.07. The minimum absolute atomic E-state index is 0.660. The maximum absolute atomic E-state index is 4.98. The van der Waals surface area contributed by atoms with Gasteiger partial charge in [0.25, 0.3) is 0 Å². The van der Waals surface area contributed by atoms with Gasteiger partial charge in [-0.15, -0.1) is 0 Å². The Morgan fingerprint density at radius 1 is 0.286 bits per heavy atom. The third-order valence-corrected chi connectivity index (χ3v) is 9.38. The Balaban J connectivity index is 1.10. The van der Waals surface area contributed by atoms with Crippen LogP contribution >= 0.6 is 0 Å². The Bertz CT molecular complexity index is 2390. The molecule has 0 saturated carbocycles. The molecule has 0 bridgehead atoms. The summed E-state index contributed by atoms with van der Waals surface area (Å²) in [6, 6.07) is 61.9. The summed E-state index contributed by atoms with van der Waals surface area (Å²) in [5.74, 6) is 1.99. The third-order valence-electron chi connectivity index (χ3n) is 9.38. The molecule has 1 aliphatic rings. The zero-order valence-electron chi connectivity index (χ0n) is 26.8. The van der Waals surface area contributed by atoms with Crippen molar-refractivity contribution in [3.8, 4) is 78.7 Å². The molecule has 0 aliphatic heterocycles. The highest BCUT2D eigenvalue weighted by Gasteiger charge is 2.23. The Labute approximate surface area is 286 Å². The van der Waals surface area contributed by atoms with E-state index in [4.69, 9.17) is 15.0 Å². The second-order valence-corrected chi connectivity index (χ2v) is 12.4. The molecule has 0 amide bonds. The largest absolute Gasteiger partial charge is 0.208 e. The molecular weight excluding hydrogens is 595 g/mol. The van der Waals surface area contributed by atoms with E-state index in [1.807, 2.05) is 60.7 Å². The van der Waals surface area contributed by atoms with Crippen molar-refractivity contribution in [1.29, 1.82) is 0 Å². The number of fused-ring (bicyclic) bond motifs is 3. The van der Waals surface area contributed by atoms with Gasteiger partial charge in [-0.1, -0.05) is 158 Å². The van der Waals surface area contributed by atoms with Crippen LogP contribution in [0.2, 0.25) is 0 Å². The van der Waals surface area contributed by atoms with Crippen LogP contribution < -0.4 is 0 Å². The van der Waals surface area contributed by atoms with Crippen LogP contribution in [0.3, 0.4) is 0 Å². The summed E-state index contributed by atoms with van der Waals surface area (Å²) in [6.45, 7) is 0. The molecule has 0 saturated heterocycles. The van der Waals surface area contributed by atoms with Crippen molar-refractivity contribution in [2.24, 2.45) is 0 Å². The number of rotatable bonds is 6. The van der Waals surface area contributed by atoms with Crippen molar-refractivity contribution in [3.63, 3.8) is 0 Å². The zero-order chi connectivity index (χ0) is 32.6. The summed E-state index contributed by atoms with van der Waals surface area (Å²) < 4.78 is 0. The van der Waals surface area contributed by atoms with E-state index in [-0.39, 0.29) is 0 Å². The first-order valence-corrected chi connectivity index (χ1v) is 16.7. The molecule has 49 heavy (non-hydrogen) atoms. The summed E-state index contributed by atoms with van der Waals surface area (Å²) in [7, 11) is 0. The maximum Gasteiger partial charge on any atom is 0.164 e. The van der Waals surface area contributed by atoms with Crippen molar-refractivity contribution in [2.75, 3.05) is 0 Å². The lowest BCUT2D eigenvalue weighted by Crippen LogP contribution is -2.00. The zero-order valence-corrected chi connectivity index (χ0v) is 26.8. The molecule has 0 atom stereocenters. The van der Waals surface area contributed by atoms with Crippen molar-refractivity contribution in [3.05, 3.63) is 187 Å². The van der Waals surface area contributed by atoms with Gasteiger partial charge in [0.05, 0.1) is 0 Å². The SMILES string of the molecule is c1ccc(-c2cccc(-c3ccc4c(c3)-c3cccc(-c5cccc(-c6nc(-c7ccccc7)nc(-c7ccccc7)n6)c5)c3C4)c2)cc1. The fourth-order valence-corrected chi connectivity index (χ4v) is 6.92. The molecule has 0 N–H and O–H groups in total. The number of nitrogens with zero attached hydrogens (tertiary/aromatic N) is 3. The van der Waals surface area contributed by atoms with Gasteiger partial charge in [-0.25, -0.2) is 15.0 Å². The molecule has 8 aromatic rings. The number of hydrogen-bond acceptors (Lipinski definition) is 3. The molecule has 3 heteroatoms. The van der Waals surface area contributed by atoms with Gasteiger partial charge in [0, 0.05) is 16.7 Å². The Hall–Kier alpha value is -6.45. The molecule has 1 heterocycles. The van der Waals surface area contributed by atoms with E-state index in [0.717, 1.165) is 28.7 Å². The van der Waals surface area contributed by atoms with Gasteiger partial charge in [0.15, 0.2) is 17.5 Å². The molecule has 0 fully saturated rings. The topological polar surface area (TPSA) is 38.7 Å². The van der Waals surface area contributed by atoms with Crippen LogP contribution in [0.1, 0.15) is 11.1 Å². The van der Waals surface area contributed by atoms with E-state index in [1.54, 1.807) is 0 Å². The number of benzene rings is 7. The van der Waals surface area contributed by atoms with Gasteiger partial charge in [-0.3, -0.25) is 0 Å². The van der Waals surface area contributed by atoms with Crippen LogP contribution in [0, 0.1) is 0 Å². The van der Waals surface area contributed by atoms with Gasteiger partial charge in [0.2, 0.25) is 0 Å². The lowest BCUT2D eigenvalue weighted by atomic mass is 9.94. The van der Waals surface area contributed by atoms with E-state index in [1.165, 1.54) is 50.1 Å². The highest BCUT2D eigenvalue weighted by molar-refractivity contribution is 5.88. The number of aromatic nitrogens is 3. The highest BCUT2D eigenvalue weighted by atomic mass is 15.0. The average molecular weight is 626 g/mol. The minimum Gasteiger partial charge on any atom is -0.208 e. The first-order chi connectivity index (χ1) is 24.3. The normalized spacial score (nSPS) is 11.6. The van der Waals surface area contributed by atoms with Gasteiger partial charge in [-0.05, 0) is 80.3 Å². The second kappa shape index (κ2) is 12.3. The van der Waals surface area contributed by atoms with E-state index in [9.17, 15) is 0 Å². The average Bonchev–Trinajstić information content (AvgIpc) is 3.57. The first-order valence-electron chi connectivity index (χ1n) is 16.7. The summed E-state index contributed by atoms with van der Waals surface area (Å²) >= 11 is 0. The monoisotopic (exact) mass is 625 g/mol. The Morgan fingerprint density at radius 2 is 0.735 bits per heavy atom. The van der Waals surface area contributed by atoms with E-state index in [2.05, 4.69) is 115 Å². The Kier molecular flexibility index (Phi) is 7.21. The fourth-order valence-electron chi connectivity index (χ4n) is 6.92. The van der Waals surface area contributed by atoms with E-state index >= 15 is 0 Å². The first kappa shape index (κ1) is 28.7. The summed E-state index contributed by atoms with van der Waals surface area (Å²) in [4.78, 5) is 14.8. The second-order valence-electron chi connectivity index (χ2n) is 12.4. The van der Waals surface area contributed by atoms with Crippen LogP contribution in [0.15, 0.2) is 176 Å². The Morgan fingerprint density at radius 3 is 1.39 bits per heavy atom. The van der Waals surface area contributed by atoms with Gasteiger partial charge in [0.1, 0.15) is 0 Å². The highest BCUT2D eigenvalue weighted by Crippen LogP contribution is 2.44. The van der Waals surface area contributed by atoms with Gasteiger partial charge in [-0.2, -0.15) is 0 Å². The van der Waals surface area contributed by atoms with Crippen molar-refractivity contribution < 1.29 is 0 Å². The molecule has 3 nitrogen and oxygen atoms in total. The van der Waals surface area contributed by atoms with Crippen molar-refractivity contribution in [2.45, 2.75) is 6.42 Å². The molecule has 0 unspecified atom stereocenters. The van der Waals surface area contributed by atoms with E-state index < -0.39 is 0 Å². The lowest BCUT2D eigenvalue weighted by Gasteiger charge is -2.12. The molecule has 0 spiro atoms. The quantitative estimate of drug-likeness (QED) is 0.185. The molecule has 1 aliphatic carbocycles. The summed E-state index contributed by atoms with van der Waals surface area (Å²) in [5.41, 5.74) is 15.5. The predicted octanol–water partition coefficient (Wildman–Crippen LogP) is 11.4. The van der Waals surface area contributed by atoms with Gasteiger partial charge < -0.3 is 0 Å². The third kappa shape index (κ3) is 5.52. The maximum atomic E-state index is 4.98. The predicted molar refractivity (Wildman–Crippen MR) is 201 cm³/mol. The smallest absolute Gasteiger partial charge is 0.164 e. The number of hydrogen-bond donors (Lipinski definition) is 0. The molecule has 1 aromatic heterocycles. The van der Waals surface area contributed by atoms with E-state index in [0.29, 0.717) is 17.5 Å². The molecule has 7 aromatic carbocycles. The molecule has 0 radical (unpaired) electrons. The molecule has 9 rings (SSSR count). The van der Waals surface area contributed by atoms with Crippen LogP contribution in [0.5, 0.6) is 0 Å². The summed E-state index contributed by atoms with van der Waals surface area (Å²) in [5, 5.41) is 0. The van der Waals surface area contributed by atoms with Crippen LogP contribution in [0.25, 0.3) is 78.7 Å². The molecular formula is C46H31N3. The van der Waals surface area contributed by atoms with Crippen LogP contribution in [-0.2, 0) is 6.42 Å². The minimum atomic E-state index is 0.660. The molecule has 230 valence electrons. The van der Waals surface area contributed by atoms with Crippen molar-refractivity contribution >= 4 is 0 Å². The summed E-state index contributed by atoms with van der Waals surface area (Å²) in [6.07, 6.45) is 0.900. The standard InChI is InChI=1S/C46H31N3/c1-4-13-31(14-5-1)34-19-10-20-35(27-34)36-25-26-38-30-43-40(23-12-24-41(43)42(38)29-36)37-21-11-22-39(28-37)46-48-44(32-15-6-2-7-16-32)47-45(49-46)33-17-8-3-9-18-33/h1-29H,30H2. The van der Waals surface area contributed by atoms with Gasteiger partial charge >= 0.3 is 0 Å². The van der Waals surface area contributed by atoms with Crippen molar-refractivity contribution in [1.82, 2.24) is 15.0 Å². The van der Waals surface area contributed by atoms with Crippen LogP contribution in [-0.4, -0.2) is 15.0 Å². The van der Waals surface area contributed by atoms with Crippen LogP contribution in [0.4, 0.5) is 0 Å².